The Bertz CT molecular complexity index is 724. The molecule has 3 N–H and O–H groups in total. The molecule has 0 unspecified atom stereocenters. The lowest BCUT2D eigenvalue weighted by Gasteiger charge is -2.18. The molecule has 3 aromatic rings. The summed E-state index contributed by atoms with van der Waals surface area (Å²) in [5, 5.41) is 25.3. The molecule has 0 saturated heterocycles. The van der Waals surface area contributed by atoms with Gasteiger partial charge in [-0.1, -0.05) is 43.3 Å². The predicted molar refractivity (Wildman–Crippen MR) is 94.6 cm³/mol. The minimum Gasteiger partial charge on any atom is -0.395 e. The Hall–Kier alpha value is -1.88. The van der Waals surface area contributed by atoms with Crippen molar-refractivity contribution in [3.63, 3.8) is 0 Å². The van der Waals surface area contributed by atoms with Crippen LogP contribution in [0.5, 0.6) is 0 Å². The first-order valence-corrected chi connectivity index (χ1v) is 8.22. The van der Waals surface area contributed by atoms with E-state index in [0.29, 0.717) is 13.1 Å². The molecular formula is C19H24N2O2. The molecule has 0 amide bonds. The number of hydrogen-bond donors (Lipinski definition) is 3. The Morgan fingerprint density at radius 1 is 1.00 bits per heavy atom. The van der Waals surface area contributed by atoms with E-state index in [1.54, 1.807) is 0 Å². The summed E-state index contributed by atoms with van der Waals surface area (Å²) in [6, 6.07) is 16.6. The monoisotopic (exact) mass is 312 g/mol. The predicted octanol–water partition coefficient (Wildman–Crippen LogP) is 2.52. The third-order valence-corrected chi connectivity index (χ3v) is 4.43. The molecule has 0 bridgehead atoms. The summed E-state index contributed by atoms with van der Waals surface area (Å²) in [6.45, 7) is 3.12. The number of nitrogens with one attached hydrogen (secondary N) is 1. The van der Waals surface area contributed by atoms with Gasteiger partial charge in [0.2, 0.25) is 0 Å². The molecule has 122 valence electrons. The summed E-state index contributed by atoms with van der Waals surface area (Å²) >= 11 is 0. The van der Waals surface area contributed by atoms with Crippen LogP contribution in [0.1, 0.15) is 13.3 Å². The number of hydrogen-bond acceptors (Lipinski definition) is 3. The van der Waals surface area contributed by atoms with Gasteiger partial charge in [0.05, 0.1) is 19.3 Å². The van der Waals surface area contributed by atoms with Crippen LogP contribution in [0.4, 0.5) is 0 Å². The van der Waals surface area contributed by atoms with Crippen LogP contribution in [0.25, 0.3) is 21.8 Å². The molecule has 4 heteroatoms. The zero-order chi connectivity index (χ0) is 16.2. The van der Waals surface area contributed by atoms with Crippen LogP contribution in [0.3, 0.4) is 0 Å². The number of rotatable bonds is 7. The Morgan fingerprint density at radius 2 is 1.57 bits per heavy atom. The van der Waals surface area contributed by atoms with Crippen LogP contribution < -0.4 is 5.32 Å². The fourth-order valence-corrected chi connectivity index (χ4v) is 3.12. The van der Waals surface area contributed by atoms with E-state index in [4.69, 9.17) is 0 Å². The highest BCUT2D eigenvalue weighted by atomic mass is 16.3. The maximum atomic E-state index is 10.4. The summed E-state index contributed by atoms with van der Waals surface area (Å²) in [5.41, 5.74) is 2.28. The topological polar surface area (TPSA) is 57.4 Å². The molecule has 1 heterocycles. The first-order valence-electron chi connectivity index (χ1n) is 8.22. The summed E-state index contributed by atoms with van der Waals surface area (Å²) in [6.07, 6.45) is 0.341. The number of aliphatic hydroxyl groups is 2. The van der Waals surface area contributed by atoms with E-state index >= 15 is 0 Å². The van der Waals surface area contributed by atoms with Crippen molar-refractivity contribution in [3.05, 3.63) is 48.5 Å². The van der Waals surface area contributed by atoms with Crippen molar-refractivity contribution in [2.24, 2.45) is 0 Å². The molecule has 0 fully saturated rings. The quantitative estimate of drug-likeness (QED) is 0.628. The lowest BCUT2D eigenvalue weighted by Crippen LogP contribution is -2.38. The molecule has 1 aromatic heterocycles. The average molecular weight is 312 g/mol. The SMILES string of the molecule is CC[C@H](CO)NC[C@@H](O)Cn1c2ccccc2c2ccccc21. The molecule has 4 nitrogen and oxygen atoms in total. The number of aromatic nitrogens is 1. The molecule has 0 spiro atoms. The zero-order valence-corrected chi connectivity index (χ0v) is 13.4. The van der Waals surface area contributed by atoms with E-state index in [1.807, 2.05) is 31.2 Å². The van der Waals surface area contributed by atoms with Crippen molar-refractivity contribution < 1.29 is 10.2 Å². The van der Waals surface area contributed by atoms with Gasteiger partial charge in [0.25, 0.3) is 0 Å². The number of benzene rings is 2. The normalized spacial score (nSPS) is 14.4. The van der Waals surface area contributed by atoms with Crippen molar-refractivity contribution in [2.75, 3.05) is 13.2 Å². The summed E-state index contributed by atoms with van der Waals surface area (Å²) < 4.78 is 2.18. The van der Waals surface area contributed by atoms with Gasteiger partial charge in [-0.25, -0.2) is 0 Å². The molecule has 0 saturated carbocycles. The molecular weight excluding hydrogens is 288 g/mol. The lowest BCUT2D eigenvalue weighted by molar-refractivity contribution is 0.141. The average Bonchev–Trinajstić information content (AvgIpc) is 2.90. The summed E-state index contributed by atoms with van der Waals surface area (Å²) in [7, 11) is 0. The van der Waals surface area contributed by atoms with Gasteiger partial charge in [-0.05, 0) is 18.6 Å². The van der Waals surface area contributed by atoms with E-state index in [0.717, 1.165) is 17.5 Å². The van der Waals surface area contributed by atoms with Crippen LogP contribution in [0.2, 0.25) is 0 Å². The molecule has 0 aliphatic carbocycles. The van der Waals surface area contributed by atoms with Gasteiger partial charge >= 0.3 is 0 Å². The highest BCUT2D eigenvalue weighted by molar-refractivity contribution is 6.07. The van der Waals surface area contributed by atoms with Crippen LogP contribution in [0.15, 0.2) is 48.5 Å². The Kier molecular flexibility index (Phi) is 4.96. The molecule has 23 heavy (non-hydrogen) atoms. The molecule has 2 atom stereocenters. The Balaban J connectivity index is 1.86. The summed E-state index contributed by atoms with van der Waals surface area (Å²) in [4.78, 5) is 0. The zero-order valence-electron chi connectivity index (χ0n) is 13.4. The third-order valence-electron chi connectivity index (χ3n) is 4.43. The van der Waals surface area contributed by atoms with E-state index in [2.05, 4.69) is 34.1 Å². The van der Waals surface area contributed by atoms with Gasteiger partial charge in [0.1, 0.15) is 0 Å². The molecule has 2 aromatic carbocycles. The third kappa shape index (κ3) is 3.24. The van der Waals surface area contributed by atoms with Gasteiger partial charge in [0.15, 0.2) is 0 Å². The molecule has 0 aliphatic rings. The van der Waals surface area contributed by atoms with Gasteiger partial charge in [-0.2, -0.15) is 0 Å². The number of fused-ring (bicyclic) bond motifs is 3. The highest BCUT2D eigenvalue weighted by Gasteiger charge is 2.14. The Morgan fingerprint density at radius 3 is 2.09 bits per heavy atom. The van der Waals surface area contributed by atoms with E-state index < -0.39 is 6.10 Å². The van der Waals surface area contributed by atoms with Gasteiger partial charge < -0.3 is 20.1 Å². The van der Waals surface area contributed by atoms with Crippen molar-refractivity contribution in [1.29, 1.82) is 0 Å². The van der Waals surface area contributed by atoms with Gasteiger partial charge in [0, 0.05) is 34.4 Å². The number of aliphatic hydroxyl groups excluding tert-OH is 2. The van der Waals surface area contributed by atoms with Crippen molar-refractivity contribution in [1.82, 2.24) is 9.88 Å². The van der Waals surface area contributed by atoms with E-state index in [1.165, 1.54) is 10.8 Å². The molecule has 0 radical (unpaired) electrons. The summed E-state index contributed by atoms with van der Waals surface area (Å²) in [5.74, 6) is 0. The van der Waals surface area contributed by atoms with Crippen molar-refractivity contribution in [3.8, 4) is 0 Å². The van der Waals surface area contributed by atoms with Gasteiger partial charge in [-0.15, -0.1) is 0 Å². The molecule has 3 rings (SSSR count). The maximum Gasteiger partial charge on any atom is 0.0843 e. The minimum atomic E-state index is -0.505. The van der Waals surface area contributed by atoms with Crippen molar-refractivity contribution in [2.45, 2.75) is 32.0 Å². The van der Waals surface area contributed by atoms with E-state index in [-0.39, 0.29) is 12.6 Å². The standard InChI is InChI=1S/C19H24N2O2/c1-2-14(13-22)20-11-15(23)12-21-18-9-5-3-7-16(18)17-8-4-6-10-19(17)21/h3-10,14-15,20,22-23H,2,11-13H2,1H3/t14-,15-/m1/s1. The first kappa shape index (κ1) is 16.0. The maximum absolute atomic E-state index is 10.4. The first-order chi connectivity index (χ1) is 11.2. The minimum absolute atomic E-state index is 0.0443. The van der Waals surface area contributed by atoms with Crippen LogP contribution in [0, 0.1) is 0 Å². The number of nitrogens with zero attached hydrogens (tertiary/aromatic N) is 1. The second-order valence-corrected chi connectivity index (χ2v) is 5.99. The fourth-order valence-electron chi connectivity index (χ4n) is 3.12. The van der Waals surface area contributed by atoms with Crippen molar-refractivity contribution >= 4 is 21.8 Å². The van der Waals surface area contributed by atoms with E-state index in [9.17, 15) is 10.2 Å². The second-order valence-electron chi connectivity index (χ2n) is 5.99. The largest absolute Gasteiger partial charge is 0.395 e. The molecule has 0 aliphatic heterocycles. The smallest absolute Gasteiger partial charge is 0.0843 e. The highest BCUT2D eigenvalue weighted by Crippen LogP contribution is 2.28. The Labute approximate surface area is 136 Å². The van der Waals surface area contributed by atoms with Crippen LogP contribution in [-0.4, -0.2) is 40.1 Å². The fraction of sp³-hybridized carbons (Fsp3) is 0.368. The second kappa shape index (κ2) is 7.13. The van der Waals surface area contributed by atoms with Gasteiger partial charge in [-0.3, -0.25) is 0 Å². The van der Waals surface area contributed by atoms with Crippen LogP contribution >= 0.6 is 0 Å². The number of para-hydroxylation sites is 2. The van der Waals surface area contributed by atoms with Crippen LogP contribution in [-0.2, 0) is 6.54 Å². The lowest BCUT2D eigenvalue weighted by atomic mass is 10.2.